The maximum atomic E-state index is 12.8. The van der Waals surface area contributed by atoms with Gasteiger partial charge in [-0.3, -0.25) is 9.10 Å². The number of hydrogen-bond acceptors (Lipinski definition) is 5. The number of ether oxygens (including phenoxy) is 2. The number of nitrogens with one attached hydrogen (secondary N) is 1. The maximum Gasteiger partial charge on any atom is 0.247 e. The fourth-order valence-electron chi connectivity index (χ4n) is 3.06. The van der Waals surface area contributed by atoms with Crippen molar-refractivity contribution in [3.05, 3.63) is 48.0 Å². The van der Waals surface area contributed by atoms with Crippen LogP contribution in [0.4, 0.5) is 11.4 Å². The van der Waals surface area contributed by atoms with Gasteiger partial charge in [0, 0.05) is 11.8 Å². The van der Waals surface area contributed by atoms with Crippen LogP contribution in [0.5, 0.6) is 11.5 Å². The highest BCUT2D eigenvalue weighted by Crippen LogP contribution is 2.32. The molecule has 2 aromatic rings. The number of aryl methyl sites for hydroxylation is 1. The Hall–Kier alpha value is -2.74. The SMILES string of the molecule is CCc1ccc(N(C(C)C(=O)Nc2ccc3c(c2)OCCO3)S(C)(=O)=O)cc1. The van der Waals surface area contributed by atoms with Gasteiger partial charge in [-0.1, -0.05) is 19.1 Å². The van der Waals surface area contributed by atoms with Crippen LogP contribution in [0.2, 0.25) is 0 Å². The predicted molar refractivity (Wildman–Crippen MR) is 109 cm³/mol. The summed E-state index contributed by atoms with van der Waals surface area (Å²) in [6.07, 6.45) is 1.94. The summed E-state index contributed by atoms with van der Waals surface area (Å²) in [5.41, 5.74) is 2.05. The molecule has 0 fully saturated rings. The molecule has 1 unspecified atom stereocenters. The van der Waals surface area contributed by atoms with E-state index in [0.717, 1.165) is 22.5 Å². The average molecular weight is 404 g/mol. The highest BCUT2D eigenvalue weighted by atomic mass is 32.2. The average Bonchev–Trinajstić information content (AvgIpc) is 2.67. The van der Waals surface area contributed by atoms with E-state index in [4.69, 9.17) is 9.47 Å². The predicted octanol–water partition coefficient (Wildman–Crippen LogP) is 2.81. The molecule has 0 aromatic heterocycles. The van der Waals surface area contributed by atoms with Gasteiger partial charge in [-0.25, -0.2) is 8.42 Å². The molecule has 1 N–H and O–H groups in total. The van der Waals surface area contributed by atoms with Gasteiger partial charge in [-0.15, -0.1) is 0 Å². The molecule has 0 aliphatic carbocycles. The lowest BCUT2D eigenvalue weighted by Gasteiger charge is -2.28. The zero-order chi connectivity index (χ0) is 20.3. The van der Waals surface area contributed by atoms with Gasteiger partial charge in [0.15, 0.2) is 11.5 Å². The Balaban J connectivity index is 1.82. The number of benzene rings is 2. The second-order valence-electron chi connectivity index (χ2n) is 6.60. The molecule has 0 radical (unpaired) electrons. The van der Waals surface area contributed by atoms with E-state index in [1.54, 1.807) is 37.3 Å². The van der Waals surface area contributed by atoms with E-state index in [1.165, 1.54) is 0 Å². The quantitative estimate of drug-likeness (QED) is 0.800. The van der Waals surface area contributed by atoms with E-state index in [9.17, 15) is 13.2 Å². The summed E-state index contributed by atoms with van der Waals surface area (Å²) in [4.78, 5) is 12.8. The summed E-state index contributed by atoms with van der Waals surface area (Å²) in [6, 6.07) is 11.3. The number of carbonyl (C=O) groups excluding carboxylic acids is 1. The van der Waals surface area contributed by atoms with Gasteiger partial charge in [0.05, 0.1) is 11.9 Å². The molecular formula is C20H24N2O5S. The second kappa shape index (κ2) is 8.10. The van der Waals surface area contributed by atoms with E-state index in [-0.39, 0.29) is 0 Å². The number of sulfonamides is 1. The van der Waals surface area contributed by atoms with Gasteiger partial charge in [-0.2, -0.15) is 0 Å². The van der Waals surface area contributed by atoms with Crippen LogP contribution in [0, 0.1) is 0 Å². The van der Waals surface area contributed by atoms with Gasteiger partial charge in [0.1, 0.15) is 19.3 Å². The van der Waals surface area contributed by atoms with Crippen LogP contribution in [0.3, 0.4) is 0 Å². The molecule has 8 heteroatoms. The highest BCUT2D eigenvalue weighted by Gasteiger charge is 2.29. The van der Waals surface area contributed by atoms with Crippen molar-refractivity contribution in [2.24, 2.45) is 0 Å². The molecule has 1 amide bonds. The monoisotopic (exact) mass is 404 g/mol. The lowest BCUT2D eigenvalue weighted by molar-refractivity contribution is -0.116. The lowest BCUT2D eigenvalue weighted by atomic mass is 10.1. The van der Waals surface area contributed by atoms with E-state index >= 15 is 0 Å². The molecule has 1 aliphatic heterocycles. The number of nitrogens with zero attached hydrogens (tertiary/aromatic N) is 1. The number of hydrogen-bond donors (Lipinski definition) is 1. The second-order valence-corrected chi connectivity index (χ2v) is 8.46. The zero-order valence-corrected chi connectivity index (χ0v) is 17.0. The Labute approximate surface area is 165 Å². The smallest absolute Gasteiger partial charge is 0.247 e. The summed E-state index contributed by atoms with van der Waals surface area (Å²) < 4.78 is 36.9. The van der Waals surface area contributed by atoms with Crippen LogP contribution < -0.4 is 19.1 Å². The third-order valence-corrected chi connectivity index (χ3v) is 5.74. The molecule has 150 valence electrons. The first kappa shape index (κ1) is 20.0. The Bertz CT molecular complexity index is 957. The lowest BCUT2D eigenvalue weighted by Crippen LogP contribution is -2.45. The van der Waals surface area contributed by atoms with Gasteiger partial charge < -0.3 is 14.8 Å². The highest BCUT2D eigenvalue weighted by molar-refractivity contribution is 7.92. The van der Waals surface area contributed by atoms with Crippen molar-refractivity contribution in [3.63, 3.8) is 0 Å². The van der Waals surface area contributed by atoms with Crippen molar-refractivity contribution in [2.45, 2.75) is 26.3 Å². The fraction of sp³-hybridized carbons (Fsp3) is 0.350. The summed E-state index contributed by atoms with van der Waals surface area (Å²) in [7, 11) is -3.66. The fourth-order valence-corrected chi connectivity index (χ4v) is 4.23. The van der Waals surface area contributed by atoms with E-state index in [0.29, 0.717) is 36.1 Å². The van der Waals surface area contributed by atoms with Crippen molar-refractivity contribution in [1.29, 1.82) is 0 Å². The minimum atomic E-state index is -3.66. The normalized spacial score (nSPS) is 14.2. The summed E-state index contributed by atoms with van der Waals surface area (Å²) in [5.74, 6) is 0.722. The summed E-state index contributed by atoms with van der Waals surface area (Å²) in [5, 5.41) is 2.76. The molecule has 0 bridgehead atoms. The van der Waals surface area contributed by atoms with Gasteiger partial charge in [-0.05, 0) is 43.2 Å². The zero-order valence-electron chi connectivity index (χ0n) is 16.1. The van der Waals surface area contributed by atoms with E-state index in [2.05, 4.69) is 5.32 Å². The molecule has 3 rings (SSSR count). The Morgan fingerprint density at radius 2 is 1.75 bits per heavy atom. The number of fused-ring (bicyclic) bond motifs is 1. The minimum Gasteiger partial charge on any atom is -0.486 e. The van der Waals surface area contributed by atoms with Crippen LogP contribution in [0.25, 0.3) is 0 Å². The molecule has 1 aliphatic rings. The van der Waals surface area contributed by atoms with Gasteiger partial charge in [0.2, 0.25) is 15.9 Å². The minimum absolute atomic E-state index is 0.441. The Morgan fingerprint density at radius 3 is 2.36 bits per heavy atom. The molecule has 0 saturated carbocycles. The van der Waals surface area contributed by atoms with E-state index < -0.39 is 22.0 Å². The van der Waals surface area contributed by atoms with E-state index in [1.807, 2.05) is 19.1 Å². The van der Waals surface area contributed by atoms with Crippen LogP contribution in [-0.2, 0) is 21.2 Å². The topological polar surface area (TPSA) is 84.9 Å². The van der Waals surface area contributed by atoms with Crippen molar-refractivity contribution in [2.75, 3.05) is 29.1 Å². The molecule has 0 spiro atoms. The molecule has 0 saturated heterocycles. The number of carbonyl (C=O) groups is 1. The largest absolute Gasteiger partial charge is 0.486 e. The molecule has 2 aromatic carbocycles. The Kier molecular flexibility index (Phi) is 5.79. The van der Waals surface area contributed by atoms with Crippen molar-refractivity contribution in [3.8, 4) is 11.5 Å². The standard InChI is InChI=1S/C20H24N2O5S/c1-4-15-5-8-17(9-6-15)22(28(3,24)25)14(2)20(23)21-16-7-10-18-19(13-16)27-12-11-26-18/h5-10,13-14H,4,11-12H2,1-3H3,(H,21,23). The number of amides is 1. The number of anilines is 2. The third-order valence-electron chi connectivity index (χ3n) is 4.50. The molecule has 1 atom stereocenters. The first-order valence-corrected chi connectivity index (χ1v) is 10.9. The van der Waals surface area contributed by atoms with Gasteiger partial charge in [0.25, 0.3) is 0 Å². The first-order chi connectivity index (χ1) is 13.3. The molecule has 28 heavy (non-hydrogen) atoms. The molecular weight excluding hydrogens is 380 g/mol. The van der Waals surface area contributed by atoms with Crippen molar-refractivity contribution >= 4 is 27.3 Å². The maximum absolute atomic E-state index is 12.8. The van der Waals surface area contributed by atoms with Gasteiger partial charge >= 0.3 is 0 Å². The van der Waals surface area contributed by atoms with Crippen LogP contribution in [-0.4, -0.2) is 39.8 Å². The summed E-state index contributed by atoms with van der Waals surface area (Å²) >= 11 is 0. The molecule has 7 nitrogen and oxygen atoms in total. The van der Waals surface area contributed by atoms with Crippen LogP contribution >= 0.6 is 0 Å². The first-order valence-electron chi connectivity index (χ1n) is 9.08. The summed E-state index contributed by atoms with van der Waals surface area (Å²) in [6.45, 7) is 4.50. The molecule has 1 heterocycles. The van der Waals surface area contributed by atoms with Crippen LogP contribution in [0.1, 0.15) is 19.4 Å². The van der Waals surface area contributed by atoms with Crippen LogP contribution in [0.15, 0.2) is 42.5 Å². The number of rotatable bonds is 6. The van der Waals surface area contributed by atoms with Crippen molar-refractivity contribution in [1.82, 2.24) is 0 Å². The Morgan fingerprint density at radius 1 is 1.11 bits per heavy atom. The third kappa shape index (κ3) is 4.39. The van der Waals surface area contributed by atoms with Crippen molar-refractivity contribution < 1.29 is 22.7 Å².